The van der Waals surface area contributed by atoms with Crippen LogP contribution in [-0.2, 0) is 11.2 Å². The van der Waals surface area contributed by atoms with Gasteiger partial charge in [0, 0.05) is 28.4 Å². The van der Waals surface area contributed by atoms with Crippen molar-refractivity contribution in [3.63, 3.8) is 0 Å². The Labute approximate surface area is 246 Å². The van der Waals surface area contributed by atoms with Crippen molar-refractivity contribution in [2.24, 2.45) is 5.10 Å². The van der Waals surface area contributed by atoms with Crippen LogP contribution in [0.15, 0.2) is 70.7 Å². The van der Waals surface area contributed by atoms with Gasteiger partial charge in [-0.25, -0.2) is 15.0 Å². The van der Waals surface area contributed by atoms with Crippen molar-refractivity contribution in [3.05, 3.63) is 87.4 Å². The molecule has 0 aliphatic carbocycles. The van der Waals surface area contributed by atoms with Gasteiger partial charge in [-0.3, -0.25) is 4.79 Å². The minimum absolute atomic E-state index is 0.169. The van der Waals surface area contributed by atoms with E-state index in [-0.39, 0.29) is 17.2 Å². The Balaban J connectivity index is 1.48. The molecule has 0 saturated heterocycles. The number of hydrazone groups is 1. The molecule has 0 aromatic heterocycles. The molecular formula is C29H28Cl2N4O4S. The number of rotatable bonds is 11. The van der Waals surface area contributed by atoms with E-state index in [1.165, 1.54) is 6.07 Å². The molecule has 0 radical (unpaired) electrons. The summed E-state index contributed by atoms with van der Waals surface area (Å²) in [4.78, 5) is 39.6. The van der Waals surface area contributed by atoms with Crippen LogP contribution in [0.3, 0.4) is 0 Å². The second-order valence-corrected chi connectivity index (χ2v) is 11.1. The third-order valence-electron chi connectivity index (χ3n) is 6.25. The number of hydrogen-bond acceptors (Lipinski definition) is 5. The van der Waals surface area contributed by atoms with Crippen LogP contribution in [0.4, 0.5) is 16.2 Å². The number of aryl methyl sites for hydroxylation is 1. The number of nitrogens with one attached hydrogen (secondary N) is 2. The van der Waals surface area contributed by atoms with Crippen LogP contribution in [0.1, 0.15) is 47.7 Å². The van der Waals surface area contributed by atoms with Gasteiger partial charge in [-0.05, 0) is 66.9 Å². The van der Waals surface area contributed by atoms with Gasteiger partial charge in [0.2, 0.25) is 0 Å². The largest absolute Gasteiger partial charge is 0.478 e. The first kappa shape index (κ1) is 29.5. The summed E-state index contributed by atoms with van der Waals surface area (Å²) in [5, 5.41) is 16.6. The van der Waals surface area contributed by atoms with Crippen molar-refractivity contribution in [2.45, 2.75) is 37.5 Å². The number of halogens is 2. The number of thioether (sulfide) groups is 1. The molecule has 0 spiro atoms. The second-order valence-electron chi connectivity index (χ2n) is 9.10. The van der Waals surface area contributed by atoms with Gasteiger partial charge in [-0.1, -0.05) is 55.1 Å². The molecule has 3 aromatic carbocycles. The van der Waals surface area contributed by atoms with Crippen LogP contribution >= 0.6 is 35.0 Å². The number of carbonyl (C=O) groups excluding carboxylic acids is 2. The summed E-state index contributed by atoms with van der Waals surface area (Å²) in [5.74, 6) is -0.450. The number of urea groups is 1. The fraction of sp³-hybridized carbons (Fsp3) is 0.241. The van der Waals surface area contributed by atoms with Gasteiger partial charge < -0.3 is 15.3 Å². The van der Waals surface area contributed by atoms with Gasteiger partial charge >= 0.3 is 12.0 Å². The zero-order chi connectivity index (χ0) is 28.6. The summed E-state index contributed by atoms with van der Waals surface area (Å²) in [7, 11) is 0. The predicted molar refractivity (Wildman–Crippen MR) is 161 cm³/mol. The second kappa shape index (κ2) is 13.7. The molecule has 3 N–H and O–H groups in total. The van der Waals surface area contributed by atoms with E-state index in [1.807, 2.05) is 30.3 Å². The van der Waals surface area contributed by atoms with E-state index < -0.39 is 12.0 Å². The highest BCUT2D eigenvalue weighted by molar-refractivity contribution is 7.99. The Morgan fingerprint density at radius 3 is 2.48 bits per heavy atom. The van der Waals surface area contributed by atoms with Crippen molar-refractivity contribution >= 4 is 70.0 Å². The van der Waals surface area contributed by atoms with E-state index in [2.05, 4.69) is 22.8 Å². The van der Waals surface area contributed by atoms with Crippen molar-refractivity contribution < 1.29 is 19.5 Å². The summed E-state index contributed by atoms with van der Waals surface area (Å²) >= 11 is 13.6. The lowest BCUT2D eigenvalue weighted by Crippen LogP contribution is -2.33. The van der Waals surface area contributed by atoms with E-state index in [4.69, 9.17) is 28.3 Å². The molecule has 0 bridgehead atoms. The monoisotopic (exact) mass is 598 g/mol. The lowest BCUT2D eigenvalue weighted by molar-refractivity contribution is -0.112. The number of carboxylic acid groups (broad SMARTS) is 1. The smallest absolute Gasteiger partial charge is 0.339 e. The number of carboxylic acids is 1. The van der Waals surface area contributed by atoms with Crippen LogP contribution in [0.25, 0.3) is 0 Å². The molecule has 1 aliphatic heterocycles. The molecule has 0 fully saturated rings. The quantitative estimate of drug-likeness (QED) is 0.124. The number of benzene rings is 3. The van der Waals surface area contributed by atoms with Gasteiger partial charge in [0.1, 0.15) is 0 Å². The molecule has 11 heteroatoms. The molecular weight excluding hydrogens is 571 g/mol. The normalized spacial score (nSPS) is 13.4. The Hall–Kier alpha value is -3.53. The van der Waals surface area contributed by atoms with Crippen molar-refractivity contribution in [2.75, 3.05) is 22.5 Å². The third kappa shape index (κ3) is 7.35. The van der Waals surface area contributed by atoms with Crippen LogP contribution in [0, 0.1) is 0 Å². The Morgan fingerprint density at radius 2 is 1.77 bits per heavy atom. The zero-order valence-electron chi connectivity index (χ0n) is 21.7. The molecule has 0 unspecified atom stereocenters. The standard InChI is InChI=1S/C29H28Cl2N4O4S/c1-2-3-4-14-35-25-12-10-21(40-15-13-18-5-7-19(8-6-18)28(37)38)17-22(25)26(27(35)36)33-34-29(39)32-20-9-11-23(30)24(31)16-20/h5-12,16-17H,2-4,13-15H2,1H3,(H,37,38)(H2,32,34,39)/b33-26-. The van der Waals surface area contributed by atoms with Crippen molar-refractivity contribution in [1.82, 2.24) is 5.43 Å². The molecule has 0 atom stereocenters. The van der Waals surface area contributed by atoms with E-state index in [0.717, 1.165) is 47.6 Å². The number of fused-ring (bicyclic) bond motifs is 1. The number of hydrogen-bond donors (Lipinski definition) is 3. The summed E-state index contributed by atoms with van der Waals surface area (Å²) in [6, 6.07) is 16.7. The fourth-order valence-corrected chi connectivity index (χ4v) is 5.41. The molecule has 0 saturated carbocycles. The van der Waals surface area contributed by atoms with Gasteiger partial charge in [0.25, 0.3) is 5.91 Å². The topological polar surface area (TPSA) is 111 Å². The maximum atomic E-state index is 13.3. The Morgan fingerprint density at radius 1 is 1.00 bits per heavy atom. The first-order valence-corrected chi connectivity index (χ1v) is 14.5. The van der Waals surface area contributed by atoms with E-state index in [0.29, 0.717) is 27.8 Å². The highest BCUT2D eigenvalue weighted by Crippen LogP contribution is 2.34. The summed E-state index contributed by atoms with van der Waals surface area (Å²) in [5.41, 5.74) is 5.75. The first-order valence-electron chi connectivity index (χ1n) is 12.8. The number of carbonyl (C=O) groups is 3. The fourth-order valence-electron chi connectivity index (χ4n) is 4.17. The summed E-state index contributed by atoms with van der Waals surface area (Å²) in [6.45, 7) is 2.67. The SMILES string of the molecule is CCCCCN1C(=O)/C(=N\NC(=O)Nc2ccc(Cl)c(Cl)c2)c2cc(SCCc3ccc(C(=O)O)cc3)ccc21. The molecule has 1 aliphatic rings. The lowest BCUT2D eigenvalue weighted by atomic mass is 10.1. The zero-order valence-corrected chi connectivity index (χ0v) is 24.1. The van der Waals surface area contributed by atoms with E-state index in [9.17, 15) is 14.4 Å². The third-order valence-corrected chi connectivity index (χ3v) is 7.99. The minimum atomic E-state index is -0.948. The summed E-state index contributed by atoms with van der Waals surface area (Å²) < 4.78 is 0. The number of nitrogens with zero attached hydrogens (tertiary/aromatic N) is 2. The number of amides is 3. The van der Waals surface area contributed by atoms with Gasteiger partial charge in [0.15, 0.2) is 5.71 Å². The van der Waals surface area contributed by atoms with Crippen LogP contribution in [0.2, 0.25) is 10.0 Å². The predicted octanol–water partition coefficient (Wildman–Crippen LogP) is 7.09. The molecule has 208 valence electrons. The molecule has 3 aromatic rings. The average molecular weight is 600 g/mol. The number of unbranched alkanes of at least 4 members (excludes halogenated alkanes) is 2. The molecule has 4 rings (SSSR count). The van der Waals surface area contributed by atoms with Crippen LogP contribution < -0.4 is 15.6 Å². The summed E-state index contributed by atoms with van der Waals surface area (Å²) in [6.07, 6.45) is 3.64. The Kier molecular flexibility index (Phi) is 10.1. The molecule has 40 heavy (non-hydrogen) atoms. The maximum absolute atomic E-state index is 13.3. The van der Waals surface area contributed by atoms with Crippen LogP contribution in [0.5, 0.6) is 0 Å². The molecule has 8 nitrogen and oxygen atoms in total. The highest BCUT2D eigenvalue weighted by Gasteiger charge is 2.34. The van der Waals surface area contributed by atoms with E-state index >= 15 is 0 Å². The average Bonchev–Trinajstić information content (AvgIpc) is 3.19. The minimum Gasteiger partial charge on any atom is -0.478 e. The van der Waals surface area contributed by atoms with Crippen LogP contribution in [-0.4, -0.2) is 41.0 Å². The highest BCUT2D eigenvalue weighted by atomic mass is 35.5. The lowest BCUT2D eigenvalue weighted by Gasteiger charge is -2.16. The Bertz CT molecular complexity index is 1450. The molecule has 1 heterocycles. The number of anilines is 2. The molecule has 3 amide bonds. The van der Waals surface area contributed by atoms with Gasteiger partial charge in [-0.15, -0.1) is 11.8 Å². The van der Waals surface area contributed by atoms with Crippen molar-refractivity contribution in [3.8, 4) is 0 Å². The number of aromatic carboxylic acids is 1. The van der Waals surface area contributed by atoms with Crippen molar-refractivity contribution in [1.29, 1.82) is 0 Å². The van der Waals surface area contributed by atoms with Gasteiger partial charge in [-0.2, -0.15) is 5.10 Å². The van der Waals surface area contributed by atoms with Gasteiger partial charge in [0.05, 0.1) is 21.3 Å². The first-order chi connectivity index (χ1) is 19.3. The maximum Gasteiger partial charge on any atom is 0.339 e. The van der Waals surface area contributed by atoms with E-state index in [1.54, 1.807) is 40.9 Å².